The van der Waals surface area contributed by atoms with Crippen molar-refractivity contribution in [1.82, 2.24) is 19.5 Å². The number of hydrogen-bond donors (Lipinski definition) is 0. The second-order valence-corrected chi connectivity index (χ2v) is 15.1. The highest BCUT2D eigenvalue weighted by molar-refractivity contribution is 6.31. The van der Waals surface area contributed by atoms with Gasteiger partial charge in [-0.2, -0.15) is 0 Å². The lowest BCUT2D eigenvalue weighted by molar-refractivity contribution is 0.672. The molecule has 0 fully saturated rings. The Balaban J connectivity index is 1.18. The summed E-state index contributed by atoms with van der Waals surface area (Å²) in [5.74, 6) is 1.82. The predicted molar refractivity (Wildman–Crippen MR) is 237 cm³/mol. The van der Waals surface area contributed by atoms with E-state index in [4.69, 9.17) is 19.4 Å². The Morgan fingerprint density at radius 3 is 1.71 bits per heavy atom. The predicted octanol–water partition coefficient (Wildman–Crippen LogP) is 13.8. The maximum atomic E-state index is 6.87. The van der Waals surface area contributed by atoms with Gasteiger partial charge in [0.25, 0.3) is 0 Å². The molecule has 1 aliphatic rings. The topological polar surface area (TPSA) is 56.7 Å². The molecule has 0 bridgehead atoms. The van der Waals surface area contributed by atoms with Crippen molar-refractivity contribution in [3.8, 4) is 62.1 Å². The van der Waals surface area contributed by atoms with Gasteiger partial charge in [0.1, 0.15) is 11.2 Å². The van der Waals surface area contributed by atoms with E-state index in [1.54, 1.807) is 0 Å². The molecular weight excluding hydrogens is 709 g/mol. The minimum absolute atomic E-state index is 0.590. The SMILES string of the molecule is c1ccc(-c2nc(-c3ccccc3)nc(-c3cc4c(-n5c6cccc7c6c6c8c(cccc8ccc65)-c5ccccc5-7)cccc4c4oc5ccccc5c34)n2)cc1. The highest BCUT2D eigenvalue weighted by atomic mass is 16.3. The third-order valence-electron chi connectivity index (χ3n) is 12.0. The molecule has 5 nitrogen and oxygen atoms in total. The van der Waals surface area contributed by atoms with Crippen LogP contribution < -0.4 is 0 Å². The van der Waals surface area contributed by atoms with Crippen LogP contribution in [0.5, 0.6) is 0 Å². The standard InChI is InChI=1S/C53H30N4O/c1-3-14-32(15-4-1)51-54-52(33-16-5-2-6-17-33)56-53(55-51)41-30-40-38(50-47(41)39-21-9-10-27-45(39)58-50)24-13-25-42(40)57-43-26-12-23-37-35-20-8-7-19-34(35)36-22-11-18-31-28-29-44(57)49(46(31)36)48(37)43/h1-30H. The van der Waals surface area contributed by atoms with E-state index in [1.807, 2.05) is 72.8 Å². The number of para-hydroxylation sites is 1. The number of benzene rings is 9. The Hall–Kier alpha value is -7.89. The molecule has 1 aliphatic carbocycles. The maximum Gasteiger partial charge on any atom is 0.164 e. The lowest BCUT2D eigenvalue weighted by Crippen LogP contribution is -2.01. The largest absolute Gasteiger partial charge is 0.455 e. The third kappa shape index (κ3) is 4.33. The first kappa shape index (κ1) is 31.3. The molecule has 9 aromatic carbocycles. The number of nitrogens with zero attached hydrogens (tertiary/aromatic N) is 4. The van der Waals surface area contributed by atoms with E-state index in [9.17, 15) is 0 Å². The van der Waals surface area contributed by atoms with Gasteiger partial charge in [0.2, 0.25) is 0 Å². The van der Waals surface area contributed by atoms with E-state index in [2.05, 4.69) is 114 Å². The fraction of sp³-hybridized carbons (Fsp3) is 0. The average molecular weight is 739 g/mol. The van der Waals surface area contributed by atoms with Gasteiger partial charge in [0.15, 0.2) is 17.5 Å². The molecule has 12 aromatic rings. The van der Waals surface area contributed by atoms with Gasteiger partial charge in [-0.3, -0.25) is 0 Å². The molecule has 0 saturated heterocycles. The van der Waals surface area contributed by atoms with E-state index in [0.29, 0.717) is 17.5 Å². The Labute approximate surface area is 332 Å². The molecule has 0 N–H and O–H groups in total. The van der Waals surface area contributed by atoms with E-state index in [-0.39, 0.29) is 0 Å². The lowest BCUT2D eigenvalue weighted by atomic mass is 9.93. The van der Waals surface area contributed by atoms with Crippen LogP contribution in [0.4, 0.5) is 0 Å². The summed E-state index contributed by atoms with van der Waals surface area (Å²) >= 11 is 0. The second kappa shape index (κ2) is 11.8. The summed E-state index contributed by atoms with van der Waals surface area (Å²) in [7, 11) is 0. The minimum Gasteiger partial charge on any atom is -0.455 e. The summed E-state index contributed by atoms with van der Waals surface area (Å²) in [6.45, 7) is 0. The maximum absolute atomic E-state index is 6.87. The van der Waals surface area contributed by atoms with Crippen LogP contribution in [-0.4, -0.2) is 19.5 Å². The number of rotatable bonds is 4. The van der Waals surface area contributed by atoms with Gasteiger partial charge < -0.3 is 8.98 Å². The van der Waals surface area contributed by atoms with Crippen LogP contribution in [0.1, 0.15) is 0 Å². The summed E-state index contributed by atoms with van der Waals surface area (Å²) in [5, 5.41) is 9.13. The monoisotopic (exact) mass is 738 g/mol. The summed E-state index contributed by atoms with van der Waals surface area (Å²) in [6, 6.07) is 64.3. The highest BCUT2D eigenvalue weighted by Crippen LogP contribution is 2.50. The van der Waals surface area contributed by atoms with Crippen molar-refractivity contribution in [2.75, 3.05) is 0 Å². The molecule has 0 saturated carbocycles. The summed E-state index contributed by atoms with van der Waals surface area (Å²) < 4.78 is 9.32. The van der Waals surface area contributed by atoms with Gasteiger partial charge in [-0.25, -0.2) is 15.0 Å². The highest BCUT2D eigenvalue weighted by Gasteiger charge is 2.27. The van der Waals surface area contributed by atoms with Gasteiger partial charge in [0.05, 0.1) is 16.7 Å². The second-order valence-electron chi connectivity index (χ2n) is 15.1. The summed E-state index contributed by atoms with van der Waals surface area (Å²) in [5.41, 5.74) is 12.8. The number of furan rings is 1. The number of hydrogen-bond acceptors (Lipinski definition) is 4. The van der Waals surface area contributed by atoms with Gasteiger partial charge in [-0.15, -0.1) is 0 Å². The van der Waals surface area contributed by atoms with Gasteiger partial charge in [0, 0.05) is 49.0 Å². The zero-order valence-corrected chi connectivity index (χ0v) is 31.0. The molecule has 3 aromatic heterocycles. The normalized spacial score (nSPS) is 12.1. The number of aromatic nitrogens is 4. The number of fused-ring (bicyclic) bond motifs is 8. The van der Waals surface area contributed by atoms with Crippen LogP contribution in [-0.2, 0) is 0 Å². The van der Waals surface area contributed by atoms with E-state index < -0.39 is 0 Å². The van der Waals surface area contributed by atoms with Crippen molar-refractivity contribution >= 4 is 65.3 Å². The molecule has 3 heterocycles. The molecule has 5 heteroatoms. The van der Waals surface area contributed by atoms with Crippen LogP contribution in [0.25, 0.3) is 127 Å². The quantitative estimate of drug-likeness (QED) is 0.180. The Bertz CT molecular complexity index is 3620. The molecule has 0 unspecified atom stereocenters. The Kier molecular flexibility index (Phi) is 6.38. The van der Waals surface area contributed by atoms with Crippen molar-refractivity contribution in [3.63, 3.8) is 0 Å². The van der Waals surface area contributed by atoms with Crippen molar-refractivity contribution in [3.05, 3.63) is 182 Å². The third-order valence-corrected chi connectivity index (χ3v) is 12.0. The average Bonchev–Trinajstić information content (AvgIpc) is 3.82. The first-order valence-corrected chi connectivity index (χ1v) is 19.6. The first-order valence-electron chi connectivity index (χ1n) is 19.6. The first-order chi connectivity index (χ1) is 28.8. The summed E-state index contributed by atoms with van der Waals surface area (Å²) in [6.07, 6.45) is 0. The van der Waals surface area contributed by atoms with Gasteiger partial charge >= 0.3 is 0 Å². The van der Waals surface area contributed by atoms with Crippen LogP contribution in [0.2, 0.25) is 0 Å². The molecular formula is C53H30N4O. The lowest BCUT2D eigenvalue weighted by Gasteiger charge is -2.16. The van der Waals surface area contributed by atoms with Gasteiger partial charge in [-0.1, -0.05) is 152 Å². The van der Waals surface area contributed by atoms with Gasteiger partial charge in [-0.05, 0) is 63.4 Å². The van der Waals surface area contributed by atoms with E-state index >= 15 is 0 Å². The zero-order chi connectivity index (χ0) is 37.9. The Morgan fingerprint density at radius 2 is 0.948 bits per heavy atom. The van der Waals surface area contributed by atoms with Crippen molar-refractivity contribution < 1.29 is 4.42 Å². The molecule has 0 radical (unpaired) electrons. The van der Waals surface area contributed by atoms with E-state index in [1.165, 1.54) is 43.8 Å². The van der Waals surface area contributed by atoms with Crippen LogP contribution in [0.3, 0.4) is 0 Å². The minimum atomic E-state index is 0.590. The van der Waals surface area contributed by atoms with Crippen LogP contribution in [0.15, 0.2) is 186 Å². The molecule has 13 rings (SSSR count). The summed E-state index contributed by atoms with van der Waals surface area (Å²) in [4.78, 5) is 15.5. The molecule has 0 aliphatic heterocycles. The fourth-order valence-electron chi connectivity index (χ4n) is 9.51. The van der Waals surface area contributed by atoms with Crippen LogP contribution >= 0.6 is 0 Å². The fourth-order valence-corrected chi connectivity index (χ4v) is 9.51. The smallest absolute Gasteiger partial charge is 0.164 e. The molecule has 0 spiro atoms. The van der Waals surface area contributed by atoms with Crippen molar-refractivity contribution in [1.29, 1.82) is 0 Å². The molecule has 0 amide bonds. The molecule has 0 atom stereocenters. The van der Waals surface area contributed by atoms with Crippen molar-refractivity contribution in [2.24, 2.45) is 0 Å². The molecule has 268 valence electrons. The van der Waals surface area contributed by atoms with Crippen LogP contribution in [0, 0.1) is 0 Å². The van der Waals surface area contributed by atoms with E-state index in [0.717, 1.165) is 66.1 Å². The zero-order valence-electron chi connectivity index (χ0n) is 31.0. The Morgan fingerprint density at radius 1 is 0.362 bits per heavy atom. The van der Waals surface area contributed by atoms with Crippen molar-refractivity contribution in [2.45, 2.75) is 0 Å². The molecule has 58 heavy (non-hydrogen) atoms.